The first-order valence-electron chi connectivity index (χ1n) is 8.73. The molecule has 0 bridgehead atoms. The number of piperidine rings is 1. The zero-order valence-electron chi connectivity index (χ0n) is 15.4. The van der Waals surface area contributed by atoms with Crippen LogP contribution in [0.25, 0.3) is 0 Å². The van der Waals surface area contributed by atoms with Crippen molar-refractivity contribution in [3.63, 3.8) is 0 Å². The van der Waals surface area contributed by atoms with E-state index >= 15 is 0 Å². The summed E-state index contributed by atoms with van der Waals surface area (Å²) < 4.78 is 6.77. The number of carbonyl (C=O) groups is 2. The number of amides is 1. The summed E-state index contributed by atoms with van der Waals surface area (Å²) in [5.41, 5.74) is 1.16. The Labute approximate surface area is 148 Å². The summed E-state index contributed by atoms with van der Waals surface area (Å²) in [6, 6.07) is 0.0437. The van der Waals surface area contributed by atoms with E-state index in [-0.39, 0.29) is 18.6 Å². The van der Waals surface area contributed by atoms with E-state index in [2.05, 4.69) is 24.3 Å². The number of rotatable bonds is 6. The van der Waals surface area contributed by atoms with E-state index in [4.69, 9.17) is 4.74 Å². The molecule has 0 aliphatic carbocycles. The SMILES string of the molecule is CCOC(=O)c1cnn(C)c1[C@@H]1C[C@H](NCC(C)C)CN(C(=O)O)C1. The summed E-state index contributed by atoms with van der Waals surface area (Å²) in [7, 11) is 1.77. The van der Waals surface area contributed by atoms with Gasteiger partial charge in [0, 0.05) is 32.1 Å². The highest BCUT2D eigenvalue weighted by Gasteiger charge is 2.34. The number of aryl methyl sites for hydroxylation is 1. The van der Waals surface area contributed by atoms with Crippen molar-refractivity contribution in [2.45, 2.75) is 39.2 Å². The minimum Gasteiger partial charge on any atom is -0.465 e. The van der Waals surface area contributed by atoms with Crippen LogP contribution in [-0.2, 0) is 11.8 Å². The maximum absolute atomic E-state index is 12.2. The molecule has 0 radical (unpaired) electrons. The van der Waals surface area contributed by atoms with Gasteiger partial charge in [-0.25, -0.2) is 9.59 Å². The van der Waals surface area contributed by atoms with Crippen LogP contribution in [0.3, 0.4) is 0 Å². The van der Waals surface area contributed by atoms with Crippen LogP contribution in [0, 0.1) is 5.92 Å². The topological polar surface area (TPSA) is 96.7 Å². The third-order valence-corrected chi connectivity index (χ3v) is 4.40. The summed E-state index contributed by atoms with van der Waals surface area (Å²) in [5.74, 6) is -0.0448. The molecule has 8 heteroatoms. The molecule has 2 atom stereocenters. The Hall–Kier alpha value is -2.09. The number of aromatic nitrogens is 2. The van der Waals surface area contributed by atoms with Gasteiger partial charge in [0.1, 0.15) is 5.56 Å². The molecule has 0 spiro atoms. The Morgan fingerprint density at radius 1 is 1.44 bits per heavy atom. The minimum absolute atomic E-state index is 0.0437. The minimum atomic E-state index is -0.944. The number of carbonyl (C=O) groups excluding carboxylic acids is 1. The van der Waals surface area contributed by atoms with Crippen LogP contribution in [0.1, 0.15) is 49.2 Å². The van der Waals surface area contributed by atoms with E-state index in [0.717, 1.165) is 18.7 Å². The van der Waals surface area contributed by atoms with Gasteiger partial charge in [0.05, 0.1) is 18.5 Å². The molecule has 0 saturated carbocycles. The Bertz CT molecular complexity index is 614. The van der Waals surface area contributed by atoms with Crippen molar-refractivity contribution in [2.75, 3.05) is 26.2 Å². The van der Waals surface area contributed by atoms with Crippen molar-refractivity contribution >= 4 is 12.1 Å². The fourth-order valence-electron chi connectivity index (χ4n) is 3.30. The molecule has 0 unspecified atom stereocenters. The van der Waals surface area contributed by atoms with Crippen LogP contribution in [0.4, 0.5) is 4.79 Å². The van der Waals surface area contributed by atoms with E-state index < -0.39 is 12.1 Å². The highest BCUT2D eigenvalue weighted by Crippen LogP contribution is 2.30. The first kappa shape index (κ1) is 19.2. The Kier molecular flexibility index (Phi) is 6.41. The lowest BCUT2D eigenvalue weighted by molar-refractivity contribution is 0.0523. The highest BCUT2D eigenvalue weighted by atomic mass is 16.5. The van der Waals surface area contributed by atoms with Crippen LogP contribution < -0.4 is 5.32 Å². The van der Waals surface area contributed by atoms with Crippen molar-refractivity contribution < 1.29 is 19.4 Å². The first-order chi connectivity index (χ1) is 11.8. The standard InChI is InChI=1S/C17H28N4O4/c1-5-25-16(22)14-8-19-20(4)15(14)12-6-13(18-7-11(2)3)10-21(9-12)17(23)24/h8,11-13,18H,5-7,9-10H2,1-4H3,(H,23,24)/t12-,13+/m1/s1. The van der Waals surface area contributed by atoms with Crippen LogP contribution in [0.5, 0.6) is 0 Å². The lowest BCUT2D eigenvalue weighted by Gasteiger charge is -2.37. The molecular formula is C17H28N4O4. The molecule has 8 nitrogen and oxygen atoms in total. The number of carboxylic acid groups (broad SMARTS) is 1. The van der Waals surface area contributed by atoms with Gasteiger partial charge in [-0.2, -0.15) is 5.10 Å². The second-order valence-corrected chi connectivity index (χ2v) is 6.91. The Morgan fingerprint density at radius 2 is 2.16 bits per heavy atom. The number of ether oxygens (including phenoxy) is 1. The molecule has 2 heterocycles. The molecule has 1 aromatic rings. The zero-order chi connectivity index (χ0) is 18.6. The molecule has 1 aromatic heterocycles. The summed E-state index contributed by atoms with van der Waals surface area (Å²) >= 11 is 0. The summed E-state index contributed by atoms with van der Waals surface area (Å²) in [4.78, 5) is 25.2. The molecule has 25 heavy (non-hydrogen) atoms. The molecule has 1 aliphatic heterocycles. The van der Waals surface area contributed by atoms with Gasteiger partial charge in [0.2, 0.25) is 0 Å². The molecular weight excluding hydrogens is 324 g/mol. The van der Waals surface area contributed by atoms with Crippen LogP contribution in [0.15, 0.2) is 6.20 Å². The van der Waals surface area contributed by atoms with Crippen molar-refractivity contribution in [2.24, 2.45) is 13.0 Å². The van der Waals surface area contributed by atoms with E-state index in [1.165, 1.54) is 11.1 Å². The number of nitrogens with zero attached hydrogens (tertiary/aromatic N) is 3. The summed E-state index contributed by atoms with van der Waals surface area (Å²) in [6.07, 6.45) is 1.31. The zero-order valence-corrected chi connectivity index (χ0v) is 15.4. The quantitative estimate of drug-likeness (QED) is 0.756. The number of nitrogens with one attached hydrogen (secondary N) is 1. The van der Waals surface area contributed by atoms with Crippen molar-refractivity contribution in [1.82, 2.24) is 20.0 Å². The van der Waals surface area contributed by atoms with Gasteiger partial charge >= 0.3 is 12.1 Å². The van der Waals surface area contributed by atoms with Gasteiger partial charge < -0.3 is 20.1 Å². The average molecular weight is 352 g/mol. The largest absolute Gasteiger partial charge is 0.465 e. The van der Waals surface area contributed by atoms with Crippen molar-refractivity contribution in [3.8, 4) is 0 Å². The first-order valence-corrected chi connectivity index (χ1v) is 8.73. The summed E-state index contributed by atoms with van der Waals surface area (Å²) in [6.45, 7) is 7.89. The van der Waals surface area contributed by atoms with Crippen LogP contribution >= 0.6 is 0 Å². The van der Waals surface area contributed by atoms with Gasteiger partial charge in [-0.3, -0.25) is 4.68 Å². The predicted molar refractivity (Wildman–Crippen MR) is 92.7 cm³/mol. The van der Waals surface area contributed by atoms with Crippen molar-refractivity contribution in [1.29, 1.82) is 0 Å². The molecule has 2 rings (SSSR count). The number of hydrogen-bond donors (Lipinski definition) is 2. The number of hydrogen-bond acceptors (Lipinski definition) is 5. The molecule has 2 N–H and O–H groups in total. The fourth-order valence-corrected chi connectivity index (χ4v) is 3.30. The third kappa shape index (κ3) is 4.72. The van der Waals surface area contributed by atoms with E-state index in [9.17, 15) is 14.7 Å². The highest BCUT2D eigenvalue weighted by molar-refractivity contribution is 5.90. The number of likely N-dealkylation sites (tertiary alicyclic amines) is 1. The smallest absolute Gasteiger partial charge is 0.407 e. The van der Waals surface area contributed by atoms with Gasteiger partial charge in [0.15, 0.2) is 0 Å². The van der Waals surface area contributed by atoms with Crippen molar-refractivity contribution in [3.05, 3.63) is 17.5 Å². The second kappa shape index (κ2) is 8.33. The monoisotopic (exact) mass is 352 g/mol. The molecule has 0 aromatic carbocycles. The molecule has 1 aliphatic rings. The normalized spacial score (nSPS) is 20.8. The molecule has 140 valence electrons. The van der Waals surface area contributed by atoms with E-state index in [1.54, 1.807) is 18.7 Å². The second-order valence-electron chi connectivity index (χ2n) is 6.91. The van der Waals surface area contributed by atoms with Gasteiger partial charge in [-0.15, -0.1) is 0 Å². The van der Waals surface area contributed by atoms with Crippen LogP contribution in [0.2, 0.25) is 0 Å². The van der Waals surface area contributed by atoms with Gasteiger partial charge in [-0.1, -0.05) is 13.8 Å². The van der Waals surface area contributed by atoms with E-state index in [1.807, 2.05) is 0 Å². The molecule has 1 fully saturated rings. The Balaban J connectivity index is 2.25. The fraction of sp³-hybridized carbons (Fsp3) is 0.706. The summed E-state index contributed by atoms with van der Waals surface area (Å²) in [5, 5.41) is 17.1. The molecule has 1 amide bonds. The van der Waals surface area contributed by atoms with Crippen LogP contribution in [-0.4, -0.2) is 64.1 Å². The predicted octanol–water partition coefficient (Wildman–Crippen LogP) is 1.68. The average Bonchev–Trinajstić information content (AvgIpc) is 2.94. The third-order valence-electron chi connectivity index (χ3n) is 4.40. The number of esters is 1. The van der Waals surface area contributed by atoms with Gasteiger partial charge in [0.25, 0.3) is 0 Å². The maximum atomic E-state index is 12.2. The maximum Gasteiger partial charge on any atom is 0.407 e. The van der Waals surface area contributed by atoms with E-state index in [0.29, 0.717) is 24.6 Å². The lowest BCUT2D eigenvalue weighted by atomic mass is 9.89. The molecule has 1 saturated heterocycles. The van der Waals surface area contributed by atoms with Gasteiger partial charge in [-0.05, 0) is 25.8 Å². The lowest BCUT2D eigenvalue weighted by Crippen LogP contribution is -2.51. The Morgan fingerprint density at radius 3 is 2.76 bits per heavy atom.